The van der Waals surface area contributed by atoms with Gasteiger partial charge < -0.3 is 4.74 Å². The third kappa shape index (κ3) is 4.35. The first-order valence-corrected chi connectivity index (χ1v) is 6.57. The monoisotopic (exact) mass is 274 g/mol. The molecular weight excluding hydrogens is 260 g/mol. The van der Waals surface area contributed by atoms with Gasteiger partial charge >= 0.3 is 0 Å². The van der Waals surface area contributed by atoms with Gasteiger partial charge in [0, 0.05) is 31.1 Å². The van der Waals surface area contributed by atoms with E-state index in [1.807, 2.05) is 43.6 Å². The number of aryl methyl sites for hydroxylation is 1. The van der Waals surface area contributed by atoms with Gasteiger partial charge in [-0.1, -0.05) is 17.9 Å². The minimum Gasteiger partial charge on any atom is -0.487 e. The first-order valence-electron chi connectivity index (χ1n) is 6.04. The van der Waals surface area contributed by atoms with Crippen LogP contribution in [0.4, 0.5) is 0 Å². The Balaban J connectivity index is 1.97. The Morgan fingerprint density at radius 1 is 1.37 bits per heavy atom. The van der Waals surface area contributed by atoms with E-state index in [1.54, 1.807) is 4.68 Å². The predicted octanol–water partition coefficient (Wildman–Crippen LogP) is 2.98. The van der Waals surface area contributed by atoms with Gasteiger partial charge in [0.25, 0.3) is 0 Å². The summed E-state index contributed by atoms with van der Waals surface area (Å²) in [6.07, 6.45) is 2.59. The Morgan fingerprint density at radius 2 is 2.26 bits per heavy atom. The molecule has 0 aliphatic rings. The van der Waals surface area contributed by atoms with Crippen molar-refractivity contribution in [2.45, 2.75) is 13.0 Å². The molecule has 4 heteroatoms. The highest BCUT2D eigenvalue weighted by Gasteiger charge is 1.99. The molecule has 0 fully saturated rings. The SMILES string of the molecule is Cn1ccc(COc2cccc(C#CCCCl)c2)n1. The number of ether oxygens (including phenoxy) is 1. The summed E-state index contributed by atoms with van der Waals surface area (Å²) >= 11 is 5.58. The molecule has 0 bridgehead atoms. The van der Waals surface area contributed by atoms with Crippen LogP contribution in [0, 0.1) is 11.8 Å². The van der Waals surface area contributed by atoms with E-state index >= 15 is 0 Å². The zero-order valence-electron chi connectivity index (χ0n) is 10.8. The second kappa shape index (κ2) is 6.86. The summed E-state index contributed by atoms with van der Waals surface area (Å²) in [4.78, 5) is 0. The van der Waals surface area contributed by atoms with Crippen LogP contribution in [-0.2, 0) is 13.7 Å². The molecule has 2 aromatic rings. The maximum atomic E-state index is 5.68. The second-order valence-electron chi connectivity index (χ2n) is 4.04. The quantitative estimate of drug-likeness (QED) is 0.633. The number of aromatic nitrogens is 2. The molecule has 0 atom stereocenters. The average molecular weight is 275 g/mol. The zero-order chi connectivity index (χ0) is 13.5. The van der Waals surface area contributed by atoms with E-state index in [4.69, 9.17) is 16.3 Å². The minimum absolute atomic E-state index is 0.458. The highest BCUT2D eigenvalue weighted by molar-refractivity contribution is 6.18. The van der Waals surface area contributed by atoms with Crippen LogP contribution >= 0.6 is 11.6 Å². The first-order chi connectivity index (χ1) is 9.28. The summed E-state index contributed by atoms with van der Waals surface area (Å²) in [6.45, 7) is 0.458. The van der Waals surface area contributed by atoms with Gasteiger partial charge in [-0.25, -0.2) is 0 Å². The number of rotatable bonds is 4. The fourth-order valence-corrected chi connectivity index (χ4v) is 1.67. The van der Waals surface area contributed by atoms with Crippen molar-refractivity contribution in [3.63, 3.8) is 0 Å². The molecule has 0 spiro atoms. The summed E-state index contributed by atoms with van der Waals surface area (Å²) in [5.74, 6) is 7.41. The summed E-state index contributed by atoms with van der Waals surface area (Å²) in [5.41, 5.74) is 1.84. The number of hydrogen-bond donors (Lipinski definition) is 0. The highest BCUT2D eigenvalue weighted by atomic mass is 35.5. The van der Waals surface area contributed by atoms with Crippen LogP contribution in [0.15, 0.2) is 36.5 Å². The van der Waals surface area contributed by atoms with Gasteiger partial charge in [-0.3, -0.25) is 4.68 Å². The molecule has 3 nitrogen and oxygen atoms in total. The molecule has 0 saturated carbocycles. The Labute approximate surface area is 118 Å². The molecule has 1 aromatic carbocycles. The Kier molecular flexibility index (Phi) is 4.88. The van der Waals surface area contributed by atoms with E-state index in [0.717, 1.165) is 17.0 Å². The van der Waals surface area contributed by atoms with Gasteiger partial charge in [-0.05, 0) is 24.3 Å². The lowest BCUT2D eigenvalue weighted by Crippen LogP contribution is -1.98. The van der Waals surface area contributed by atoms with Crippen LogP contribution in [0.1, 0.15) is 17.7 Å². The van der Waals surface area contributed by atoms with E-state index in [-0.39, 0.29) is 0 Å². The Hall–Kier alpha value is -1.92. The molecule has 0 unspecified atom stereocenters. The molecule has 0 radical (unpaired) electrons. The minimum atomic E-state index is 0.458. The molecule has 0 aliphatic carbocycles. The molecule has 0 N–H and O–H groups in total. The lowest BCUT2D eigenvalue weighted by atomic mass is 10.2. The highest BCUT2D eigenvalue weighted by Crippen LogP contribution is 2.14. The predicted molar refractivity (Wildman–Crippen MR) is 76.2 cm³/mol. The lowest BCUT2D eigenvalue weighted by Gasteiger charge is -2.04. The van der Waals surface area contributed by atoms with Crippen molar-refractivity contribution in [1.82, 2.24) is 9.78 Å². The van der Waals surface area contributed by atoms with E-state index in [1.165, 1.54) is 0 Å². The van der Waals surface area contributed by atoms with Crippen LogP contribution in [-0.4, -0.2) is 15.7 Å². The van der Waals surface area contributed by atoms with Crippen LogP contribution in [0.2, 0.25) is 0 Å². The Morgan fingerprint density at radius 3 is 3.00 bits per heavy atom. The summed E-state index contributed by atoms with van der Waals surface area (Å²) in [6, 6.07) is 9.65. The van der Waals surface area contributed by atoms with Gasteiger partial charge in [0.1, 0.15) is 12.4 Å². The molecule has 1 aromatic heterocycles. The average Bonchev–Trinajstić information content (AvgIpc) is 2.83. The van der Waals surface area contributed by atoms with Crippen LogP contribution in [0.5, 0.6) is 5.75 Å². The van der Waals surface area contributed by atoms with Crippen molar-refractivity contribution in [2.24, 2.45) is 7.05 Å². The number of alkyl halides is 1. The summed E-state index contributed by atoms with van der Waals surface area (Å²) in [7, 11) is 1.89. The maximum absolute atomic E-state index is 5.68. The van der Waals surface area contributed by atoms with Gasteiger partial charge in [-0.15, -0.1) is 11.6 Å². The second-order valence-corrected chi connectivity index (χ2v) is 4.42. The molecule has 19 heavy (non-hydrogen) atoms. The summed E-state index contributed by atoms with van der Waals surface area (Å²) in [5, 5.41) is 4.26. The van der Waals surface area contributed by atoms with Gasteiger partial charge in [0.2, 0.25) is 0 Å². The lowest BCUT2D eigenvalue weighted by molar-refractivity contribution is 0.300. The Bertz CT molecular complexity index is 595. The first kappa shape index (κ1) is 13.5. The van der Waals surface area contributed by atoms with E-state index < -0.39 is 0 Å². The van der Waals surface area contributed by atoms with Gasteiger partial charge in [0.15, 0.2) is 0 Å². The third-order valence-electron chi connectivity index (χ3n) is 2.44. The van der Waals surface area contributed by atoms with E-state index in [9.17, 15) is 0 Å². The molecule has 0 saturated heterocycles. The van der Waals surface area contributed by atoms with Crippen molar-refractivity contribution >= 4 is 11.6 Å². The zero-order valence-corrected chi connectivity index (χ0v) is 11.5. The van der Waals surface area contributed by atoms with Gasteiger partial charge in [0.05, 0.1) is 5.69 Å². The molecule has 1 heterocycles. The number of nitrogens with zero attached hydrogens (tertiary/aromatic N) is 2. The number of hydrogen-bond acceptors (Lipinski definition) is 2. The van der Waals surface area contributed by atoms with E-state index in [2.05, 4.69) is 16.9 Å². The van der Waals surface area contributed by atoms with Crippen molar-refractivity contribution in [3.8, 4) is 17.6 Å². The normalized spacial score (nSPS) is 9.79. The third-order valence-corrected chi connectivity index (χ3v) is 2.63. The molecule has 2 rings (SSSR count). The van der Waals surface area contributed by atoms with Crippen molar-refractivity contribution in [3.05, 3.63) is 47.8 Å². The number of halogens is 1. The standard InChI is InChI=1S/C15H15ClN2O/c1-18-10-8-14(17-18)12-19-15-7-4-6-13(11-15)5-2-3-9-16/h4,6-8,10-11H,3,9,12H2,1H3. The molecule has 98 valence electrons. The maximum Gasteiger partial charge on any atom is 0.132 e. The van der Waals surface area contributed by atoms with Crippen molar-refractivity contribution < 1.29 is 4.74 Å². The van der Waals surface area contributed by atoms with Crippen LogP contribution in [0.3, 0.4) is 0 Å². The van der Waals surface area contributed by atoms with Crippen LogP contribution < -0.4 is 4.74 Å². The fourth-order valence-electron chi connectivity index (χ4n) is 1.57. The molecular formula is C15H15ClN2O. The molecule has 0 amide bonds. The van der Waals surface area contributed by atoms with E-state index in [0.29, 0.717) is 18.9 Å². The summed E-state index contributed by atoms with van der Waals surface area (Å²) < 4.78 is 7.44. The van der Waals surface area contributed by atoms with Gasteiger partial charge in [-0.2, -0.15) is 5.10 Å². The van der Waals surface area contributed by atoms with Crippen molar-refractivity contribution in [2.75, 3.05) is 5.88 Å². The van der Waals surface area contributed by atoms with Crippen LogP contribution in [0.25, 0.3) is 0 Å². The smallest absolute Gasteiger partial charge is 0.132 e. The largest absolute Gasteiger partial charge is 0.487 e. The topological polar surface area (TPSA) is 27.1 Å². The van der Waals surface area contributed by atoms with Crippen molar-refractivity contribution in [1.29, 1.82) is 0 Å². The molecule has 0 aliphatic heterocycles. The fraction of sp³-hybridized carbons (Fsp3) is 0.267. The number of benzene rings is 1.